The average Bonchev–Trinajstić information content (AvgIpc) is 3.09. The van der Waals surface area contributed by atoms with E-state index >= 15 is 0 Å². The van der Waals surface area contributed by atoms with Gasteiger partial charge in [-0.2, -0.15) is 0 Å². The molecule has 0 aliphatic heterocycles. The summed E-state index contributed by atoms with van der Waals surface area (Å²) in [4.78, 5) is 12.1. The maximum atomic E-state index is 12.1. The summed E-state index contributed by atoms with van der Waals surface area (Å²) in [5.41, 5.74) is 1.94. The van der Waals surface area contributed by atoms with Crippen LogP contribution in [0.15, 0.2) is 11.6 Å². The number of hydrogen-bond donors (Lipinski definition) is 2. The topological polar surface area (TPSA) is 57.5 Å². The Morgan fingerprint density at radius 1 is 0.903 bits per heavy atom. The Bertz CT molecular complexity index is 726. The molecule has 0 heterocycles. The first-order valence-corrected chi connectivity index (χ1v) is 13.1. The van der Waals surface area contributed by atoms with Crippen LogP contribution in [0.25, 0.3) is 0 Å². The third-order valence-electron chi connectivity index (χ3n) is 11.1. The summed E-state index contributed by atoms with van der Waals surface area (Å²) in [6, 6.07) is 0. The van der Waals surface area contributed by atoms with Crippen molar-refractivity contribution in [1.82, 2.24) is 0 Å². The van der Waals surface area contributed by atoms with Crippen LogP contribution in [-0.4, -0.2) is 28.2 Å². The van der Waals surface area contributed by atoms with Crippen molar-refractivity contribution in [3.8, 4) is 0 Å². The minimum Gasteiger partial charge on any atom is -0.390 e. The number of allylic oxidation sites excluding steroid dienone is 1. The Morgan fingerprint density at radius 2 is 1.61 bits per heavy atom. The number of carbonyl (C=O) groups is 1. The number of aliphatic hydroxyl groups is 2. The number of ketones is 1. The Kier molecular flexibility index (Phi) is 6.27. The summed E-state index contributed by atoms with van der Waals surface area (Å²) in [5, 5.41) is 22.0. The van der Waals surface area contributed by atoms with Gasteiger partial charge in [0.25, 0.3) is 0 Å². The van der Waals surface area contributed by atoms with Crippen molar-refractivity contribution in [1.29, 1.82) is 0 Å². The highest BCUT2D eigenvalue weighted by Gasteiger charge is 2.60. The second kappa shape index (κ2) is 8.28. The summed E-state index contributed by atoms with van der Waals surface area (Å²) in [7, 11) is 0. The Morgan fingerprint density at radius 3 is 2.29 bits per heavy atom. The van der Waals surface area contributed by atoms with Crippen molar-refractivity contribution >= 4 is 5.78 Å². The molecule has 0 aromatic rings. The van der Waals surface area contributed by atoms with E-state index in [1.165, 1.54) is 37.7 Å². The van der Waals surface area contributed by atoms with E-state index in [-0.39, 0.29) is 22.7 Å². The van der Waals surface area contributed by atoms with Crippen molar-refractivity contribution in [2.45, 2.75) is 105 Å². The predicted molar refractivity (Wildman–Crippen MR) is 125 cm³/mol. The first kappa shape index (κ1) is 23.5. The fraction of sp³-hybridized carbons (Fsp3) is 0.893. The van der Waals surface area contributed by atoms with Gasteiger partial charge in [0.2, 0.25) is 0 Å². The molecule has 0 aromatic heterocycles. The molecule has 0 radical (unpaired) electrons. The van der Waals surface area contributed by atoms with Gasteiger partial charge >= 0.3 is 0 Å². The second-order valence-electron chi connectivity index (χ2n) is 12.6. The van der Waals surface area contributed by atoms with Crippen molar-refractivity contribution in [2.24, 2.45) is 52.3 Å². The van der Waals surface area contributed by atoms with E-state index < -0.39 is 12.2 Å². The van der Waals surface area contributed by atoms with Crippen LogP contribution in [0.2, 0.25) is 0 Å². The minimum atomic E-state index is -0.643. The third kappa shape index (κ3) is 3.66. The Labute approximate surface area is 190 Å². The molecule has 2 N–H and O–H groups in total. The normalized spacial score (nSPS) is 44.0. The molecule has 3 heteroatoms. The standard InChI is InChI=1S/C28H46O3/c1-16(2)17(3)25(30)26(31)18(4)22-9-10-23-21-8-7-19-15-20(29)11-13-27(19,5)24(21)12-14-28(22,23)6/h15-18,21-26,30-31H,7-14H2,1-6H3/t17-,18+,21+,22-,23+,24+,25?,26+,27+,28-/m1/s1. The molecule has 4 aliphatic rings. The number of carbonyl (C=O) groups excluding carboxylic acids is 1. The van der Waals surface area contributed by atoms with Crippen LogP contribution in [0.5, 0.6) is 0 Å². The van der Waals surface area contributed by atoms with Gasteiger partial charge in [0.1, 0.15) is 0 Å². The van der Waals surface area contributed by atoms with Gasteiger partial charge in [-0.05, 0) is 103 Å². The van der Waals surface area contributed by atoms with Crippen LogP contribution < -0.4 is 0 Å². The SMILES string of the molecule is CC(C)[C@@H](C)C(O)[C@@H](O)[C@@H](C)[C@H]1CC[C@H]2[C@@H]3CCC4=CC(=O)CC[C@]4(C)[C@H]3CC[C@]12C. The van der Waals surface area contributed by atoms with Crippen LogP contribution in [0.4, 0.5) is 0 Å². The molecule has 176 valence electrons. The van der Waals surface area contributed by atoms with Crippen molar-refractivity contribution in [2.75, 3.05) is 0 Å². The van der Waals surface area contributed by atoms with Crippen LogP contribution in [-0.2, 0) is 4.79 Å². The fourth-order valence-electron chi connectivity index (χ4n) is 8.72. The summed E-state index contributed by atoms with van der Waals surface area (Å²) in [6.45, 7) is 13.5. The molecule has 0 aromatic carbocycles. The molecule has 1 unspecified atom stereocenters. The molecule has 3 fully saturated rings. The van der Waals surface area contributed by atoms with E-state index in [2.05, 4.69) is 41.5 Å². The minimum absolute atomic E-state index is 0.107. The van der Waals surface area contributed by atoms with Gasteiger partial charge in [0.05, 0.1) is 12.2 Å². The van der Waals surface area contributed by atoms with Gasteiger partial charge in [-0.3, -0.25) is 4.79 Å². The van der Waals surface area contributed by atoms with E-state index in [0.29, 0.717) is 23.5 Å². The molecule has 3 saturated carbocycles. The lowest BCUT2D eigenvalue weighted by molar-refractivity contribution is -0.118. The third-order valence-corrected chi connectivity index (χ3v) is 11.1. The molecule has 4 aliphatic carbocycles. The van der Waals surface area contributed by atoms with Crippen molar-refractivity contribution < 1.29 is 15.0 Å². The highest BCUT2D eigenvalue weighted by atomic mass is 16.3. The van der Waals surface area contributed by atoms with Crippen LogP contribution >= 0.6 is 0 Å². The number of aliphatic hydroxyl groups excluding tert-OH is 2. The molecule has 0 amide bonds. The molecule has 3 nitrogen and oxygen atoms in total. The highest BCUT2D eigenvalue weighted by Crippen LogP contribution is 2.67. The zero-order valence-corrected chi connectivity index (χ0v) is 20.7. The molecule has 31 heavy (non-hydrogen) atoms. The van der Waals surface area contributed by atoms with Gasteiger partial charge in [-0.25, -0.2) is 0 Å². The van der Waals surface area contributed by atoms with Gasteiger partial charge in [0.15, 0.2) is 5.78 Å². The molecule has 10 atom stereocenters. The zero-order chi connectivity index (χ0) is 22.7. The lowest BCUT2D eigenvalue weighted by Gasteiger charge is -2.58. The number of fused-ring (bicyclic) bond motifs is 5. The molecule has 4 rings (SSSR count). The highest BCUT2D eigenvalue weighted by molar-refractivity contribution is 5.91. The predicted octanol–water partition coefficient (Wildman–Crippen LogP) is 5.78. The number of hydrogen-bond acceptors (Lipinski definition) is 3. The zero-order valence-electron chi connectivity index (χ0n) is 20.7. The lowest BCUT2D eigenvalue weighted by atomic mass is 9.46. The summed E-state index contributed by atoms with van der Waals surface area (Å²) >= 11 is 0. The monoisotopic (exact) mass is 430 g/mol. The summed E-state index contributed by atoms with van der Waals surface area (Å²) < 4.78 is 0. The molecule has 0 bridgehead atoms. The quantitative estimate of drug-likeness (QED) is 0.581. The largest absolute Gasteiger partial charge is 0.390 e. The Balaban J connectivity index is 1.53. The van der Waals surface area contributed by atoms with Crippen LogP contribution in [0.3, 0.4) is 0 Å². The van der Waals surface area contributed by atoms with E-state index in [9.17, 15) is 15.0 Å². The Hall–Kier alpha value is -0.670. The molecule has 0 saturated heterocycles. The van der Waals surface area contributed by atoms with Gasteiger partial charge in [0, 0.05) is 6.42 Å². The molecule has 0 spiro atoms. The van der Waals surface area contributed by atoms with E-state index in [4.69, 9.17) is 0 Å². The second-order valence-corrected chi connectivity index (χ2v) is 12.6. The maximum absolute atomic E-state index is 12.1. The first-order valence-electron chi connectivity index (χ1n) is 13.1. The van der Waals surface area contributed by atoms with E-state index in [1.807, 2.05) is 6.08 Å². The average molecular weight is 431 g/mol. The smallest absolute Gasteiger partial charge is 0.155 e. The van der Waals surface area contributed by atoms with Crippen molar-refractivity contribution in [3.63, 3.8) is 0 Å². The summed E-state index contributed by atoms with van der Waals surface area (Å²) in [6.07, 6.45) is 9.75. The van der Waals surface area contributed by atoms with E-state index in [0.717, 1.165) is 31.1 Å². The number of rotatable bonds is 5. The van der Waals surface area contributed by atoms with Crippen molar-refractivity contribution in [3.05, 3.63) is 11.6 Å². The maximum Gasteiger partial charge on any atom is 0.155 e. The van der Waals surface area contributed by atoms with Crippen LogP contribution in [0.1, 0.15) is 92.9 Å². The fourth-order valence-corrected chi connectivity index (χ4v) is 8.72. The summed E-state index contributed by atoms with van der Waals surface area (Å²) in [5.74, 6) is 3.62. The van der Waals surface area contributed by atoms with Gasteiger partial charge in [-0.1, -0.05) is 47.1 Å². The molecular formula is C28H46O3. The van der Waals surface area contributed by atoms with Gasteiger partial charge < -0.3 is 10.2 Å². The molecular weight excluding hydrogens is 384 g/mol. The van der Waals surface area contributed by atoms with Crippen LogP contribution in [0, 0.1) is 52.3 Å². The lowest BCUT2D eigenvalue weighted by Crippen LogP contribution is -2.52. The van der Waals surface area contributed by atoms with Gasteiger partial charge in [-0.15, -0.1) is 0 Å². The first-order chi connectivity index (χ1) is 14.5. The van der Waals surface area contributed by atoms with E-state index in [1.54, 1.807) is 0 Å².